The summed E-state index contributed by atoms with van der Waals surface area (Å²) in [5.74, 6) is 0.458. The summed E-state index contributed by atoms with van der Waals surface area (Å²) in [5, 5.41) is 5.29. The van der Waals surface area contributed by atoms with E-state index in [-0.39, 0.29) is 5.41 Å². The van der Waals surface area contributed by atoms with E-state index >= 15 is 0 Å². The molecule has 1 aromatic heterocycles. The van der Waals surface area contributed by atoms with Crippen LogP contribution >= 0.6 is 15.9 Å². The number of fused-ring (bicyclic) bond motifs is 5. The van der Waals surface area contributed by atoms with E-state index in [2.05, 4.69) is 108 Å². The molecular formula is C27H22BrN. The van der Waals surface area contributed by atoms with Crippen molar-refractivity contribution < 1.29 is 0 Å². The Kier molecular flexibility index (Phi) is 3.56. The highest BCUT2D eigenvalue weighted by atomic mass is 79.9. The van der Waals surface area contributed by atoms with Crippen molar-refractivity contribution in [3.8, 4) is 0 Å². The van der Waals surface area contributed by atoms with Crippen molar-refractivity contribution in [2.45, 2.75) is 26.2 Å². The third-order valence-corrected chi connectivity index (χ3v) is 7.48. The predicted molar refractivity (Wildman–Crippen MR) is 126 cm³/mol. The summed E-state index contributed by atoms with van der Waals surface area (Å²) in [5.41, 5.74) is 6.80. The Morgan fingerprint density at radius 2 is 1.72 bits per heavy atom. The second-order valence-electron chi connectivity index (χ2n) is 8.99. The first-order valence-corrected chi connectivity index (χ1v) is 11.0. The van der Waals surface area contributed by atoms with Crippen LogP contribution in [0.2, 0.25) is 0 Å². The molecule has 0 fully saturated rings. The molecule has 0 unspecified atom stereocenters. The van der Waals surface area contributed by atoms with Crippen LogP contribution in [0.15, 0.2) is 76.8 Å². The molecule has 2 aliphatic carbocycles. The van der Waals surface area contributed by atoms with Crippen LogP contribution in [-0.2, 0) is 0 Å². The largest absolute Gasteiger partial charge is 0.354 e. The molecule has 142 valence electrons. The summed E-state index contributed by atoms with van der Waals surface area (Å²) in [6.45, 7) is 4.81. The summed E-state index contributed by atoms with van der Waals surface area (Å²) in [6, 6.07) is 21.9. The third kappa shape index (κ3) is 2.45. The topological polar surface area (TPSA) is 15.8 Å². The fraction of sp³-hybridized carbons (Fsp3) is 0.185. The minimum atomic E-state index is 0.117. The number of aromatic nitrogens is 1. The van der Waals surface area contributed by atoms with Gasteiger partial charge in [-0.1, -0.05) is 68.5 Å². The molecule has 0 bridgehead atoms. The van der Waals surface area contributed by atoms with E-state index in [0.717, 1.165) is 6.42 Å². The molecule has 1 N–H and O–H groups in total. The summed E-state index contributed by atoms with van der Waals surface area (Å²) in [7, 11) is 0. The molecule has 2 aliphatic rings. The number of hydrogen-bond acceptors (Lipinski definition) is 0. The SMILES string of the molecule is CC1(C)C[C@@H](c2ccccc2)C=C2C=c3c(Br)c4[nH]c5ccccc5c4cc3=C21. The molecule has 0 spiro atoms. The number of allylic oxidation sites excluding steroid dienone is 2. The van der Waals surface area contributed by atoms with Gasteiger partial charge >= 0.3 is 0 Å². The zero-order valence-electron chi connectivity index (χ0n) is 16.6. The first kappa shape index (κ1) is 17.3. The molecule has 4 aromatic rings. The maximum Gasteiger partial charge on any atom is 0.0615 e. The lowest BCUT2D eigenvalue weighted by molar-refractivity contribution is 0.421. The summed E-state index contributed by atoms with van der Waals surface area (Å²) in [4.78, 5) is 3.62. The van der Waals surface area contributed by atoms with Crippen LogP contribution in [0.5, 0.6) is 0 Å². The van der Waals surface area contributed by atoms with Crippen molar-refractivity contribution in [1.29, 1.82) is 0 Å². The van der Waals surface area contributed by atoms with E-state index in [4.69, 9.17) is 0 Å². The second-order valence-corrected chi connectivity index (χ2v) is 9.78. The van der Waals surface area contributed by atoms with Gasteiger partial charge in [-0.15, -0.1) is 0 Å². The minimum Gasteiger partial charge on any atom is -0.354 e. The molecule has 0 amide bonds. The number of nitrogens with one attached hydrogen (secondary N) is 1. The van der Waals surface area contributed by atoms with Gasteiger partial charge in [-0.2, -0.15) is 0 Å². The second kappa shape index (κ2) is 5.96. The van der Waals surface area contributed by atoms with Crippen LogP contribution in [0.1, 0.15) is 31.7 Å². The van der Waals surface area contributed by atoms with Crippen LogP contribution < -0.4 is 10.4 Å². The average Bonchev–Trinajstić information content (AvgIpc) is 3.28. The lowest BCUT2D eigenvalue weighted by Crippen LogP contribution is -2.31. The molecular weight excluding hydrogens is 418 g/mol. The molecule has 2 heteroatoms. The van der Waals surface area contributed by atoms with Gasteiger partial charge in [0.25, 0.3) is 0 Å². The van der Waals surface area contributed by atoms with E-state index in [0.29, 0.717) is 5.92 Å². The Balaban J connectivity index is 1.68. The lowest BCUT2D eigenvalue weighted by atomic mass is 9.68. The van der Waals surface area contributed by atoms with Gasteiger partial charge in [0, 0.05) is 26.7 Å². The highest BCUT2D eigenvalue weighted by Crippen LogP contribution is 2.48. The van der Waals surface area contributed by atoms with Crippen LogP contribution in [0.3, 0.4) is 0 Å². The van der Waals surface area contributed by atoms with Crippen LogP contribution in [0.25, 0.3) is 33.5 Å². The van der Waals surface area contributed by atoms with E-state index in [9.17, 15) is 0 Å². The Morgan fingerprint density at radius 1 is 0.966 bits per heavy atom. The number of H-pyrrole nitrogens is 1. The van der Waals surface area contributed by atoms with Gasteiger partial charge in [-0.05, 0) is 73.1 Å². The third-order valence-electron chi connectivity index (χ3n) is 6.65. The fourth-order valence-electron chi connectivity index (χ4n) is 5.42. The number of halogens is 1. The van der Waals surface area contributed by atoms with Gasteiger partial charge in [0.2, 0.25) is 0 Å². The first-order valence-electron chi connectivity index (χ1n) is 10.3. The molecule has 1 nitrogen and oxygen atoms in total. The number of aromatic amines is 1. The number of hydrogen-bond donors (Lipinski definition) is 1. The molecule has 0 radical (unpaired) electrons. The number of benzene rings is 3. The Bertz CT molecular complexity index is 1450. The zero-order valence-corrected chi connectivity index (χ0v) is 18.2. The first-order chi connectivity index (χ1) is 14.0. The highest BCUT2D eigenvalue weighted by Gasteiger charge is 2.36. The predicted octanol–water partition coefficient (Wildman–Crippen LogP) is 6.17. The Morgan fingerprint density at radius 3 is 2.55 bits per heavy atom. The van der Waals surface area contributed by atoms with Crippen molar-refractivity contribution in [3.05, 3.63) is 92.8 Å². The van der Waals surface area contributed by atoms with Gasteiger partial charge in [-0.25, -0.2) is 0 Å². The summed E-state index contributed by atoms with van der Waals surface area (Å²) >= 11 is 3.94. The molecule has 1 heterocycles. The van der Waals surface area contributed by atoms with Crippen LogP contribution in [0, 0.1) is 5.41 Å². The highest BCUT2D eigenvalue weighted by molar-refractivity contribution is 9.10. The average molecular weight is 440 g/mol. The maximum absolute atomic E-state index is 3.94. The molecule has 6 rings (SSSR count). The lowest BCUT2D eigenvalue weighted by Gasteiger charge is -2.36. The standard InChI is InChI=1S/C27H22BrN/c1-27(2)15-18(16-8-4-3-5-9-16)12-17-13-21-20(24(17)27)14-22-19-10-6-7-11-23(19)29-26(22)25(21)28/h3-14,18,29H,15H2,1-2H3/t18-/m0/s1. The molecule has 29 heavy (non-hydrogen) atoms. The van der Waals surface area contributed by atoms with E-state index in [1.807, 2.05) is 0 Å². The van der Waals surface area contributed by atoms with Gasteiger partial charge in [0.05, 0.1) is 5.52 Å². The van der Waals surface area contributed by atoms with Gasteiger partial charge in [0.1, 0.15) is 0 Å². The molecule has 3 aromatic carbocycles. The molecule has 1 atom stereocenters. The van der Waals surface area contributed by atoms with Crippen molar-refractivity contribution in [2.75, 3.05) is 0 Å². The number of para-hydroxylation sites is 1. The number of rotatable bonds is 1. The Hall–Kier alpha value is -2.58. The smallest absolute Gasteiger partial charge is 0.0615 e. The normalized spacial score (nSPS) is 19.8. The van der Waals surface area contributed by atoms with Gasteiger partial charge in [-0.3, -0.25) is 0 Å². The molecule has 0 saturated carbocycles. The summed E-state index contributed by atoms with van der Waals surface area (Å²) < 4.78 is 1.18. The van der Waals surface area contributed by atoms with Crippen molar-refractivity contribution >= 4 is 49.4 Å². The van der Waals surface area contributed by atoms with E-state index in [1.54, 1.807) is 0 Å². The monoisotopic (exact) mass is 439 g/mol. The maximum atomic E-state index is 3.94. The molecule has 0 saturated heterocycles. The van der Waals surface area contributed by atoms with Crippen molar-refractivity contribution in [3.63, 3.8) is 0 Å². The fourth-order valence-corrected chi connectivity index (χ4v) is 6.06. The quantitative estimate of drug-likeness (QED) is 0.365. The zero-order chi connectivity index (χ0) is 19.8. The van der Waals surface area contributed by atoms with E-state index in [1.165, 1.54) is 53.4 Å². The molecule has 0 aliphatic heterocycles. The Labute approximate surface area is 178 Å². The van der Waals surface area contributed by atoms with E-state index < -0.39 is 0 Å². The van der Waals surface area contributed by atoms with Gasteiger partial charge in [0.15, 0.2) is 0 Å². The van der Waals surface area contributed by atoms with Crippen LogP contribution in [-0.4, -0.2) is 4.98 Å². The summed E-state index contributed by atoms with van der Waals surface area (Å²) in [6.07, 6.45) is 6.00. The van der Waals surface area contributed by atoms with Gasteiger partial charge < -0.3 is 4.98 Å². The van der Waals surface area contributed by atoms with Crippen molar-refractivity contribution in [1.82, 2.24) is 4.98 Å². The van der Waals surface area contributed by atoms with Crippen LogP contribution in [0.4, 0.5) is 0 Å². The van der Waals surface area contributed by atoms with Crippen molar-refractivity contribution in [2.24, 2.45) is 5.41 Å². The minimum absolute atomic E-state index is 0.117.